The average Bonchev–Trinajstić information content (AvgIpc) is 2.10. The number of fused-ring (bicyclic) bond motifs is 7. The molecule has 0 radical (unpaired) electrons. The van der Waals surface area contributed by atoms with Gasteiger partial charge in [0.1, 0.15) is 12.6 Å². The monoisotopic (exact) mass is 1190 g/mol. The topological polar surface area (TPSA) is 251 Å². The maximum absolute atomic E-state index is 4.58. The molecule has 19 heteroatoms. The van der Waals surface area contributed by atoms with E-state index in [1.165, 1.54) is 45.9 Å². The van der Waals surface area contributed by atoms with Gasteiger partial charge < -0.3 is 9.40 Å². The van der Waals surface area contributed by atoms with E-state index in [1.807, 2.05) is 188 Å². The van der Waals surface area contributed by atoms with Crippen LogP contribution in [-0.4, -0.2) is 90.2 Å². The predicted octanol–water partition coefficient (Wildman–Crippen LogP) is 15.2. The zero-order chi connectivity index (χ0) is 62.5. The van der Waals surface area contributed by atoms with Gasteiger partial charge in [0.15, 0.2) is 6.39 Å². The van der Waals surface area contributed by atoms with E-state index in [1.54, 1.807) is 105 Å². The Bertz CT molecular complexity index is 3800. The largest absolute Gasteiger partial charge is 0.452 e. The fourth-order valence-electron chi connectivity index (χ4n) is 7.60. The van der Waals surface area contributed by atoms with Crippen molar-refractivity contribution < 1.29 is 4.42 Å². The number of H-pyrrole nitrogens is 2. The number of nitrogens with one attached hydrogen (secondary N) is 2. The maximum atomic E-state index is 4.58. The van der Waals surface area contributed by atoms with Gasteiger partial charge in [0, 0.05) is 122 Å². The number of imidazole rings is 1. The van der Waals surface area contributed by atoms with E-state index < -0.39 is 0 Å². The van der Waals surface area contributed by atoms with Crippen molar-refractivity contribution in [3.8, 4) is 0 Å². The lowest BCUT2D eigenvalue weighted by molar-refractivity contribution is 0.558. The lowest BCUT2D eigenvalue weighted by Crippen LogP contribution is -1.85. The lowest BCUT2D eigenvalue weighted by Gasteiger charge is -1.99. The van der Waals surface area contributed by atoms with Crippen LogP contribution in [0.5, 0.6) is 0 Å². The summed E-state index contributed by atoms with van der Waals surface area (Å²) >= 11 is 0. The number of oxazole rings is 1. The molecule has 18 aromatic rings. The molecular formula is C72H60N18O. The third kappa shape index (κ3) is 24.0. The van der Waals surface area contributed by atoms with Crippen molar-refractivity contribution in [2.45, 2.75) is 0 Å². The molecule has 0 aliphatic rings. The Hall–Kier alpha value is -13.2. The summed E-state index contributed by atoms with van der Waals surface area (Å²) in [6.07, 6.45) is 36.6. The van der Waals surface area contributed by atoms with E-state index >= 15 is 0 Å². The number of aromatic nitrogens is 18. The Morgan fingerprint density at radius 2 is 0.769 bits per heavy atom. The predicted molar refractivity (Wildman–Crippen MR) is 359 cm³/mol. The van der Waals surface area contributed by atoms with Gasteiger partial charge in [-0.2, -0.15) is 15.3 Å². The van der Waals surface area contributed by atoms with E-state index in [0.717, 1.165) is 49.7 Å². The molecule has 0 bridgehead atoms. The molecule has 11 aromatic heterocycles. The summed E-state index contributed by atoms with van der Waals surface area (Å²) in [5, 5.41) is 19.3. The first-order valence-corrected chi connectivity index (χ1v) is 28.2. The highest BCUT2D eigenvalue weighted by atomic mass is 16.3. The van der Waals surface area contributed by atoms with Crippen molar-refractivity contribution in [3.05, 3.63) is 355 Å². The van der Waals surface area contributed by atoms with Gasteiger partial charge in [-0.05, 0) is 108 Å². The van der Waals surface area contributed by atoms with Crippen molar-refractivity contribution in [1.29, 1.82) is 0 Å². The summed E-state index contributed by atoms with van der Waals surface area (Å²) in [5.41, 5.74) is 8.88. The molecule has 0 saturated carbocycles. The minimum Gasteiger partial charge on any atom is -0.452 e. The van der Waals surface area contributed by atoms with Crippen molar-refractivity contribution >= 4 is 76.6 Å². The minimum absolute atomic E-state index is 0.949. The number of benzene rings is 7. The number of hydrogen-bond donors (Lipinski definition) is 2. The summed E-state index contributed by atoms with van der Waals surface area (Å²) in [5.74, 6) is 0. The third-order valence-electron chi connectivity index (χ3n) is 11.7. The summed E-state index contributed by atoms with van der Waals surface area (Å²) in [7, 11) is 0. The SMILES string of the molecule is c1c[nH]cn1.c1ccc2cnccc2c1.c1ccc2nc3ccccc3cc2c1.c1ccc2nc3ccccc3nc2c1.c1ccc2ncccc2c1.c1ccc2nccnc2c1.c1ccnnc1.c1cn[nH]c1.c1cnccn1.c1cncnc1.c1cocn1. The summed E-state index contributed by atoms with van der Waals surface area (Å²) in [6, 6.07) is 71.8. The molecule has 18 rings (SSSR count). The van der Waals surface area contributed by atoms with Gasteiger partial charge >= 0.3 is 0 Å². The normalized spacial score (nSPS) is 9.54. The van der Waals surface area contributed by atoms with Gasteiger partial charge in [-0.25, -0.2) is 34.9 Å². The number of pyridine rings is 3. The smallest absolute Gasteiger partial charge is 0.180 e. The molecular weight excluding hydrogens is 1130 g/mol. The maximum Gasteiger partial charge on any atom is 0.180 e. The van der Waals surface area contributed by atoms with Crippen LogP contribution < -0.4 is 0 Å². The molecule has 7 aromatic carbocycles. The molecule has 2 N–H and O–H groups in total. The standard InChI is InChI=1S/C13H9N.C12H8N2.2C9H7N.C8H6N2.3C4H4N2.2C3H4N2.C3H3NO/c1-3-7-12-10(5-1)9-11-6-2-4-8-13(11)14-12;1-2-6-10-9(5-1)13-11-7-3-4-8-12(11)14-10;1-2-6-9-8(4-1)5-3-7-10-9;1-2-4-9-7-10-6-5-8(9)3-1;1-2-4-8-7(3-1)9-5-6-10-8;1-2-6-4-3-5-1;1-2-5-4-6-3-1;1-2-4-6-5-3-1;1-2-5-3-4-1;1-2-4-5-3-1;1-2-5-3-4-1/h1-9H;1-8H;2*1-7H;1-6H;3*1-4H;2*1-3H,(H,4,5);1-3H. The first-order valence-electron chi connectivity index (χ1n) is 28.2. The molecule has 19 nitrogen and oxygen atoms in total. The molecule has 444 valence electrons. The second-order valence-electron chi connectivity index (χ2n) is 18.0. The van der Waals surface area contributed by atoms with Crippen LogP contribution >= 0.6 is 0 Å². The molecule has 0 amide bonds. The van der Waals surface area contributed by atoms with Crippen molar-refractivity contribution in [3.63, 3.8) is 0 Å². The lowest BCUT2D eigenvalue weighted by atomic mass is 10.1. The van der Waals surface area contributed by atoms with E-state index in [0.29, 0.717) is 0 Å². The Morgan fingerprint density at radius 3 is 1.15 bits per heavy atom. The Kier molecular flexibility index (Phi) is 27.7. The fraction of sp³-hybridized carbons (Fsp3) is 0. The number of hydrogen-bond acceptors (Lipinski definition) is 17. The molecule has 11 heterocycles. The fourth-order valence-corrected chi connectivity index (χ4v) is 7.60. The molecule has 91 heavy (non-hydrogen) atoms. The first-order chi connectivity index (χ1) is 45.3. The van der Waals surface area contributed by atoms with Gasteiger partial charge in [-0.3, -0.25) is 35.0 Å². The Labute approximate surface area is 523 Å². The number of para-hydroxylation sites is 9. The molecule has 0 atom stereocenters. The zero-order valence-corrected chi connectivity index (χ0v) is 49.0. The van der Waals surface area contributed by atoms with Gasteiger partial charge in [-0.15, -0.1) is 0 Å². The molecule has 0 aliphatic heterocycles. The average molecular weight is 1190 g/mol. The number of nitrogens with zero attached hydrogens (tertiary/aromatic N) is 16. The molecule has 0 unspecified atom stereocenters. The van der Waals surface area contributed by atoms with Crippen LogP contribution in [0.1, 0.15) is 0 Å². The number of aromatic amines is 2. The first kappa shape index (κ1) is 63.9. The zero-order valence-electron chi connectivity index (χ0n) is 49.0. The van der Waals surface area contributed by atoms with Gasteiger partial charge in [0.05, 0.1) is 62.2 Å². The number of rotatable bonds is 0. The highest BCUT2D eigenvalue weighted by Crippen LogP contribution is 2.19. The van der Waals surface area contributed by atoms with Crippen LogP contribution in [0.25, 0.3) is 76.6 Å². The van der Waals surface area contributed by atoms with Crippen LogP contribution in [0.4, 0.5) is 0 Å². The van der Waals surface area contributed by atoms with Crippen LogP contribution in [0.3, 0.4) is 0 Å². The Balaban J connectivity index is 0.000000132. The Morgan fingerprint density at radius 1 is 0.275 bits per heavy atom. The molecule has 0 aliphatic carbocycles. The third-order valence-corrected chi connectivity index (χ3v) is 11.7. The van der Waals surface area contributed by atoms with Crippen molar-refractivity contribution in [1.82, 2.24) is 90.2 Å². The van der Waals surface area contributed by atoms with E-state index in [4.69, 9.17) is 0 Å². The highest BCUT2D eigenvalue weighted by Gasteiger charge is 1.99. The van der Waals surface area contributed by atoms with Gasteiger partial charge in [0.2, 0.25) is 0 Å². The molecule has 0 fully saturated rings. The van der Waals surface area contributed by atoms with E-state index in [9.17, 15) is 0 Å². The van der Waals surface area contributed by atoms with Crippen LogP contribution in [0.15, 0.2) is 360 Å². The van der Waals surface area contributed by atoms with Crippen LogP contribution in [-0.2, 0) is 0 Å². The second kappa shape index (κ2) is 39.5. The highest BCUT2D eigenvalue weighted by molar-refractivity contribution is 5.92. The van der Waals surface area contributed by atoms with Gasteiger partial charge in [-0.1, -0.05) is 121 Å². The van der Waals surface area contributed by atoms with Crippen LogP contribution in [0.2, 0.25) is 0 Å². The minimum atomic E-state index is 0.949. The van der Waals surface area contributed by atoms with E-state index in [-0.39, 0.29) is 0 Å². The summed E-state index contributed by atoms with van der Waals surface area (Å²) in [4.78, 5) is 54.8. The quantitative estimate of drug-likeness (QED) is 0.134. The molecule has 0 saturated heterocycles. The van der Waals surface area contributed by atoms with Gasteiger partial charge in [0.25, 0.3) is 0 Å². The summed E-state index contributed by atoms with van der Waals surface area (Å²) in [6.45, 7) is 0. The van der Waals surface area contributed by atoms with Crippen molar-refractivity contribution in [2.24, 2.45) is 0 Å². The molecule has 0 spiro atoms. The van der Waals surface area contributed by atoms with E-state index in [2.05, 4.69) is 137 Å². The van der Waals surface area contributed by atoms with Crippen LogP contribution in [0, 0.1) is 0 Å². The summed E-state index contributed by atoms with van der Waals surface area (Å²) < 4.78 is 4.47. The second-order valence-corrected chi connectivity index (χ2v) is 18.0. The van der Waals surface area contributed by atoms with Crippen molar-refractivity contribution in [2.75, 3.05) is 0 Å².